The fraction of sp³-hybridized carbons (Fsp3) is 0.333. The monoisotopic (exact) mass is 424 g/mol. The summed E-state index contributed by atoms with van der Waals surface area (Å²) < 4.78 is 25.0. The second-order valence-electron chi connectivity index (χ2n) is 6.19. The molecule has 6 nitrogen and oxygen atoms in total. The number of hydrogen-bond acceptors (Lipinski definition) is 6. The molecule has 2 aromatic rings. The number of benzene rings is 1. The Bertz CT molecular complexity index is 967. The van der Waals surface area contributed by atoms with E-state index in [9.17, 15) is 18.0 Å². The summed E-state index contributed by atoms with van der Waals surface area (Å²) in [6, 6.07) is 6.66. The summed E-state index contributed by atoms with van der Waals surface area (Å²) in [5.41, 5.74) is 1.83. The largest absolute Gasteiger partial charge is 0.356 e. The smallest absolute Gasteiger partial charge is 0.234 e. The summed E-state index contributed by atoms with van der Waals surface area (Å²) in [5, 5.41) is 7.50. The zero-order chi connectivity index (χ0) is 19.4. The standard InChI is InChI=1S/C18H20N2O4S3/c1-12-5-8-25-15(12)4-7-19-17(21)6-9-27(23,24)13-2-3-14-16(10-13)26-11-18(22)20-14/h2-3,5,8,10H,4,6-7,9,11H2,1H3,(H,19,21)(H,20,22). The summed E-state index contributed by atoms with van der Waals surface area (Å²) in [4.78, 5) is 25.5. The number of hydrogen-bond donors (Lipinski definition) is 2. The Labute approximate surface area is 166 Å². The van der Waals surface area contributed by atoms with Crippen LogP contribution in [0.15, 0.2) is 39.4 Å². The first kappa shape index (κ1) is 19.9. The van der Waals surface area contributed by atoms with Crippen molar-refractivity contribution in [3.05, 3.63) is 40.1 Å². The van der Waals surface area contributed by atoms with E-state index < -0.39 is 9.84 Å². The second-order valence-corrected chi connectivity index (χ2v) is 10.3. The molecule has 0 spiro atoms. The third kappa shape index (κ3) is 5.12. The van der Waals surface area contributed by atoms with Crippen LogP contribution in [0, 0.1) is 6.92 Å². The Morgan fingerprint density at radius 1 is 1.30 bits per heavy atom. The number of nitrogens with one attached hydrogen (secondary N) is 2. The Kier molecular flexibility index (Phi) is 6.23. The Hall–Kier alpha value is -1.84. The van der Waals surface area contributed by atoms with E-state index in [-0.39, 0.29) is 34.6 Å². The highest BCUT2D eigenvalue weighted by Crippen LogP contribution is 2.33. The van der Waals surface area contributed by atoms with Crippen LogP contribution in [-0.4, -0.2) is 38.3 Å². The zero-order valence-corrected chi connectivity index (χ0v) is 17.2. The van der Waals surface area contributed by atoms with E-state index >= 15 is 0 Å². The summed E-state index contributed by atoms with van der Waals surface area (Å²) >= 11 is 2.96. The normalized spacial score (nSPS) is 13.7. The van der Waals surface area contributed by atoms with Crippen molar-refractivity contribution in [3.63, 3.8) is 0 Å². The van der Waals surface area contributed by atoms with Gasteiger partial charge in [-0.1, -0.05) is 0 Å². The molecule has 2 heterocycles. The van der Waals surface area contributed by atoms with Gasteiger partial charge in [-0.3, -0.25) is 9.59 Å². The molecule has 1 aliphatic rings. The van der Waals surface area contributed by atoms with E-state index in [4.69, 9.17) is 0 Å². The molecule has 1 aliphatic heterocycles. The summed E-state index contributed by atoms with van der Waals surface area (Å²) in [5.74, 6) is -0.347. The van der Waals surface area contributed by atoms with Gasteiger partial charge in [-0.25, -0.2) is 8.42 Å². The maximum atomic E-state index is 12.5. The highest BCUT2D eigenvalue weighted by atomic mass is 32.2. The molecule has 3 rings (SSSR count). The van der Waals surface area contributed by atoms with Crippen LogP contribution in [0.5, 0.6) is 0 Å². The second kappa shape index (κ2) is 8.45. The molecule has 1 aromatic carbocycles. The van der Waals surface area contributed by atoms with E-state index in [0.717, 1.165) is 11.3 Å². The number of thiophene rings is 1. The maximum Gasteiger partial charge on any atom is 0.234 e. The first-order chi connectivity index (χ1) is 12.8. The minimum atomic E-state index is -3.56. The Morgan fingerprint density at radius 2 is 2.11 bits per heavy atom. The third-order valence-electron chi connectivity index (χ3n) is 4.19. The van der Waals surface area contributed by atoms with Crippen LogP contribution in [0.2, 0.25) is 0 Å². The molecule has 0 radical (unpaired) electrons. The summed E-state index contributed by atoms with van der Waals surface area (Å²) in [7, 11) is -3.56. The minimum Gasteiger partial charge on any atom is -0.356 e. The lowest BCUT2D eigenvalue weighted by Crippen LogP contribution is -2.27. The molecular formula is C18H20N2O4S3. The number of aryl methyl sites for hydroxylation is 1. The maximum absolute atomic E-state index is 12.5. The van der Waals surface area contributed by atoms with Gasteiger partial charge in [0.05, 0.1) is 22.1 Å². The number of rotatable bonds is 7. The Morgan fingerprint density at radius 3 is 2.85 bits per heavy atom. The van der Waals surface area contributed by atoms with Crippen molar-refractivity contribution in [1.82, 2.24) is 5.32 Å². The van der Waals surface area contributed by atoms with Crippen molar-refractivity contribution in [2.24, 2.45) is 0 Å². The van der Waals surface area contributed by atoms with Crippen molar-refractivity contribution in [2.75, 3.05) is 23.4 Å². The molecule has 0 saturated heterocycles. The summed E-state index contributed by atoms with van der Waals surface area (Å²) in [6.45, 7) is 2.53. The van der Waals surface area contributed by atoms with Gasteiger partial charge in [0.25, 0.3) is 0 Å². The quantitative estimate of drug-likeness (QED) is 0.713. The molecule has 9 heteroatoms. The van der Waals surface area contributed by atoms with Crippen LogP contribution in [0.1, 0.15) is 16.9 Å². The minimum absolute atomic E-state index is 0.0767. The van der Waals surface area contributed by atoms with E-state index in [2.05, 4.69) is 10.6 Å². The van der Waals surface area contributed by atoms with Crippen LogP contribution in [0.3, 0.4) is 0 Å². The SMILES string of the molecule is Cc1ccsc1CCNC(=O)CCS(=O)(=O)c1ccc2c(c1)SCC(=O)N2. The lowest BCUT2D eigenvalue weighted by Gasteiger charge is -2.17. The van der Waals surface area contributed by atoms with E-state index in [1.54, 1.807) is 23.5 Å². The average Bonchev–Trinajstić information content (AvgIpc) is 3.04. The van der Waals surface area contributed by atoms with Crippen LogP contribution < -0.4 is 10.6 Å². The topological polar surface area (TPSA) is 92.3 Å². The molecule has 0 atom stereocenters. The number of anilines is 1. The third-order valence-corrected chi connectivity index (χ3v) is 8.04. The number of carbonyl (C=O) groups excluding carboxylic acids is 2. The van der Waals surface area contributed by atoms with Crippen LogP contribution in [0.4, 0.5) is 5.69 Å². The number of amides is 2. The molecule has 0 bridgehead atoms. The van der Waals surface area contributed by atoms with Crippen molar-refractivity contribution < 1.29 is 18.0 Å². The van der Waals surface area contributed by atoms with Crippen LogP contribution >= 0.6 is 23.1 Å². The van der Waals surface area contributed by atoms with Crippen molar-refractivity contribution in [2.45, 2.75) is 29.6 Å². The van der Waals surface area contributed by atoms with Gasteiger partial charge in [0.2, 0.25) is 11.8 Å². The number of sulfone groups is 1. The predicted molar refractivity (Wildman–Crippen MR) is 108 cm³/mol. The van der Waals surface area contributed by atoms with Crippen molar-refractivity contribution in [1.29, 1.82) is 0 Å². The molecule has 2 amide bonds. The predicted octanol–water partition coefficient (Wildman–Crippen LogP) is 2.62. The van der Waals surface area contributed by atoms with Gasteiger partial charge in [0.1, 0.15) is 0 Å². The van der Waals surface area contributed by atoms with Crippen LogP contribution in [0.25, 0.3) is 0 Å². The molecule has 0 aliphatic carbocycles. The van der Waals surface area contributed by atoms with Gasteiger partial charge in [0.15, 0.2) is 9.84 Å². The number of thioether (sulfide) groups is 1. The fourth-order valence-electron chi connectivity index (χ4n) is 2.66. The van der Waals surface area contributed by atoms with E-state index in [1.807, 2.05) is 18.4 Å². The average molecular weight is 425 g/mol. The molecule has 2 N–H and O–H groups in total. The Balaban J connectivity index is 1.53. The van der Waals surface area contributed by atoms with Gasteiger partial charge >= 0.3 is 0 Å². The van der Waals surface area contributed by atoms with Gasteiger partial charge in [-0.2, -0.15) is 0 Å². The number of fused-ring (bicyclic) bond motifs is 1. The molecule has 0 saturated carbocycles. The molecule has 0 fully saturated rings. The highest BCUT2D eigenvalue weighted by molar-refractivity contribution is 8.00. The lowest BCUT2D eigenvalue weighted by atomic mass is 10.2. The molecule has 27 heavy (non-hydrogen) atoms. The van der Waals surface area contributed by atoms with E-state index in [0.29, 0.717) is 12.2 Å². The molecule has 144 valence electrons. The first-order valence-corrected chi connectivity index (χ1v) is 12.0. The highest BCUT2D eigenvalue weighted by Gasteiger charge is 2.21. The van der Waals surface area contributed by atoms with Crippen LogP contribution in [-0.2, 0) is 25.8 Å². The van der Waals surface area contributed by atoms with E-state index in [1.165, 1.54) is 28.3 Å². The number of carbonyl (C=O) groups is 2. The summed E-state index contributed by atoms with van der Waals surface area (Å²) in [6.07, 6.45) is 0.669. The first-order valence-electron chi connectivity index (χ1n) is 8.44. The zero-order valence-electron chi connectivity index (χ0n) is 14.8. The molecule has 1 aromatic heterocycles. The van der Waals surface area contributed by atoms with Gasteiger partial charge in [-0.05, 0) is 48.6 Å². The molecular weight excluding hydrogens is 404 g/mol. The van der Waals surface area contributed by atoms with Gasteiger partial charge in [-0.15, -0.1) is 23.1 Å². The lowest BCUT2D eigenvalue weighted by molar-refractivity contribution is -0.120. The fourth-order valence-corrected chi connectivity index (χ4v) is 5.75. The van der Waals surface area contributed by atoms with Crippen molar-refractivity contribution >= 4 is 50.4 Å². The van der Waals surface area contributed by atoms with Gasteiger partial charge < -0.3 is 10.6 Å². The molecule has 0 unspecified atom stereocenters. The van der Waals surface area contributed by atoms with Crippen molar-refractivity contribution in [3.8, 4) is 0 Å². The van der Waals surface area contributed by atoms with Gasteiger partial charge in [0, 0.05) is 22.7 Å².